The van der Waals surface area contributed by atoms with E-state index >= 15 is 0 Å². The van der Waals surface area contributed by atoms with Gasteiger partial charge in [0.25, 0.3) is 0 Å². The molecule has 1 fully saturated rings. The van der Waals surface area contributed by atoms with Gasteiger partial charge in [-0.1, -0.05) is 36.4 Å². The minimum atomic E-state index is 0.0445. The Morgan fingerprint density at radius 2 is 1.94 bits per heavy atom. The van der Waals surface area contributed by atoms with Crippen molar-refractivity contribution in [3.8, 4) is 0 Å². The van der Waals surface area contributed by atoms with Crippen LogP contribution in [0, 0.1) is 0 Å². The Morgan fingerprint density at radius 3 is 2.59 bits per heavy atom. The summed E-state index contributed by atoms with van der Waals surface area (Å²) in [6.45, 7) is 4.59. The van der Waals surface area contributed by atoms with Crippen molar-refractivity contribution in [2.45, 2.75) is 31.5 Å². The molecule has 92 valence electrons. The van der Waals surface area contributed by atoms with Gasteiger partial charge in [0.2, 0.25) is 0 Å². The third kappa shape index (κ3) is 3.62. The minimum absolute atomic E-state index is 0.0445. The SMILES string of the molecule is C=CCC1(OCc2ccccc2)CCSCC1. The van der Waals surface area contributed by atoms with Gasteiger partial charge >= 0.3 is 0 Å². The number of benzene rings is 1. The second kappa shape index (κ2) is 6.27. The molecule has 0 radical (unpaired) electrons. The monoisotopic (exact) mass is 248 g/mol. The fraction of sp³-hybridized carbons (Fsp3) is 0.467. The minimum Gasteiger partial charge on any atom is -0.370 e. The van der Waals surface area contributed by atoms with Crippen LogP contribution in [0.5, 0.6) is 0 Å². The summed E-state index contributed by atoms with van der Waals surface area (Å²) in [5.74, 6) is 2.42. The molecule has 1 aromatic rings. The first-order valence-corrected chi connectivity index (χ1v) is 7.37. The third-order valence-electron chi connectivity index (χ3n) is 3.31. The van der Waals surface area contributed by atoms with E-state index in [-0.39, 0.29) is 5.60 Å². The normalized spacial score (nSPS) is 18.8. The van der Waals surface area contributed by atoms with Gasteiger partial charge in [0.05, 0.1) is 12.2 Å². The Hall–Kier alpha value is -0.730. The molecule has 0 unspecified atom stereocenters. The number of thioether (sulfide) groups is 1. The molecule has 0 spiro atoms. The maximum Gasteiger partial charge on any atom is 0.0737 e. The number of rotatable bonds is 5. The third-order valence-corrected chi connectivity index (χ3v) is 4.29. The van der Waals surface area contributed by atoms with Crippen molar-refractivity contribution in [2.75, 3.05) is 11.5 Å². The molecule has 1 saturated heterocycles. The van der Waals surface area contributed by atoms with Crippen molar-refractivity contribution in [3.05, 3.63) is 48.6 Å². The zero-order valence-corrected chi connectivity index (χ0v) is 11.0. The summed E-state index contributed by atoms with van der Waals surface area (Å²) in [5, 5.41) is 0. The Balaban J connectivity index is 1.95. The quantitative estimate of drug-likeness (QED) is 0.727. The molecule has 1 aliphatic heterocycles. The molecule has 0 N–H and O–H groups in total. The summed E-state index contributed by atoms with van der Waals surface area (Å²) < 4.78 is 6.21. The number of ether oxygens (including phenoxy) is 1. The lowest BCUT2D eigenvalue weighted by molar-refractivity contribution is -0.0602. The second-order valence-electron chi connectivity index (χ2n) is 4.56. The van der Waals surface area contributed by atoms with Gasteiger partial charge in [-0.25, -0.2) is 0 Å². The fourth-order valence-electron chi connectivity index (χ4n) is 2.22. The molecule has 1 aromatic carbocycles. The molecule has 0 amide bonds. The van der Waals surface area contributed by atoms with Crippen LogP contribution in [0.1, 0.15) is 24.8 Å². The van der Waals surface area contributed by atoms with Crippen molar-refractivity contribution < 1.29 is 4.74 Å². The van der Waals surface area contributed by atoms with Crippen LogP contribution in [0.15, 0.2) is 43.0 Å². The fourth-order valence-corrected chi connectivity index (χ4v) is 3.46. The lowest BCUT2D eigenvalue weighted by atomic mass is 9.92. The first-order valence-electron chi connectivity index (χ1n) is 6.21. The van der Waals surface area contributed by atoms with E-state index in [0.717, 1.165) is 25.9 Å². The highest BCUT2D eigenvalue weighted by molar-refractivity contribution is 7.99. The molecule has 1 aliphatic rings. The average molecular weight is 248 g/mol. The van der Waals surface area contributed by atoms with Gasteiger partial charge in [0, 0.05) is 0 Å². The maximum atomic E-state index is 6.21. The second-order valence-corrected chi connectivity index (χ2v) is 5.79. The lowest BCUT2D eigenvalue weighted by Gasteiger charge is -2.36. The van der Waals surface area contributed by atoms with Crippen molar-refractivity contribution in [1.29, 1.82) is 0 Å². The van der Waals surface area contributed by atoms with E-state index in [1.807, 2.05) is 23.9 Å². The number of hydrogen-bond donors (Lipinski definition) is 0. The summed E-state index contributed by atoms with van der Waals surface area (Å²) in [5.41, 5.74) is 1.30. The van der Waals surface area contributed by atoms with Crippen LogP contribution in [-0.2, 0) is 11.3 Å². The molecule has 0 aliphatic carbocycles. The van der Waals surface area contributed by atoms with Gasteiger partial charge in [-0.3, -0.25) is 0 Å². The predicted molar refractivity (Wildman–Crippen MR) is 75.3 cm³/mol. The Bertz CT molecular complexity index is 341. The van der Waals surface area contributed by atoms with Crippen LogP contribution in [0.2, 0.25) is 0 Å². The molecular weight excluding hydrogens is 228 g/mol. The molecular formula is C15H20OS. The van der Waals surface area contributed by atoms with E-state index in [2.05, 4.69) is 30.8 Å². The van der Waals surface area contributed by atoms with Crippen molar-refractivity contribution in [2.24, 2.45) is 0 Å². The Morgan fingerprint density at radius 1 is 1.24 bits per heavy atom. The number of hydrogen-bond acceptors (Lipinski definition) is 2. The smallest absolute Gasteiger partial charge is 0.0737 e. The van der Waals surface area contributed by atoms with Crippen LogP contribution < -0.4 is 0 Å². The molecule has 1 nitrogen and oxygen atoms in total. The summed E-state index contributed by atoms with van der Waals surface area (Å²) >= 11 is 2.03. The van der Waals surface area contributed by atoms with E-state index in [0.29, 0.717) is 0 Å². The average Bonchev–Trinajstić information content (AvgIpc) is 2.39. The van der Waals surface area contributed by atoms with E-state index < -0.39 is 0 Å². The van der Waals surface area contributed by atoms with Crippen LogP contribution in [-0.4, -0.2) is 17.1 Å². The van der Waals surface area contributed by atoms with E-state index in [1.165, 1.54) is 17.1 Å². The predicted octanol–water partition coefficient (Wildman–Crippen LogP) is 4.05. The van der Waals surface area contributed by atoms with Gasteiger partial charge in [-0.05, 0) is 36.3 Å². The molecule has 0 bridgehead atoms. The van der Waals surface area contributed by atoms with Crippen LogP contribution >= 0.6 is 11.8 Å². The zero-order chi connectivity index (χ0) is 12.0. The van der Waals surface area contributed by atoms with E-state index in [4.69, 9.17) is 4.74 Å². The molecule has 0 aromatic heterocycles. The lowest BCUT2D eigenvalue weighted by Crippen LogP contribution is -2.36. The summed E-state index contributed by atoms with van der Waals surface area (Å²) in [6, 6.07) is 10.4. The summed E-state index contributed by atoms with van der Waals surface area (Å²) in [6.07, 6.45) is 5.27. The van der Waals surface area contributed by atoms with Crippen LogP contribution in [0.4, 0.5) is 0 Å². The Labute approximate surface area is 108 Å². The maximum absolute atomic E-state index is 6.21. The van der Waals surface area contributed by atoms with Gasteiger partial charge < -0.3 is 4.74 Å². The topological polar surface area (TPSA) is 9.23 Å². The van der Waals surface area contributed by atoms with Gasteiger partial charge in [-0.2, -0.15) is 11.8 Å². The Kier molecular flexibility index (Phi) is 4.69. The molecule has 0 atom stereocenters. The van der Waals surface area contributed by atoms with Crippen molar-refractivity contribution >= 4 is 11.8 Å². The molecule has 2 heteroatoms. The van der Waals surface area contributed by atoms with Crippen molar-refractivity contribution in [1.82, 2.24) is 0 Å². The molecule has 1 heterocycles. The summed E-state index contributed by atoms with van der Waals surface area (Å²) in [4.78, 5) is 0. The molecule has 17 heavy (non-hydrogen) atoms. The van der Waals surface area contributed by atoms with Gasteiger partial charge in [-0.15, -0.1) is 6.58 Å². The van der Waals surface area contributed by atoms with Gasteiger partial charge in [0.1, 0.15) is 0 Å². The van der Waals surface area contributed by atoms with Gasteiger partial charge in [0.15, 0.2) is 0 Å². The van der Waals surface area contributed by atoms with E-state index in [1.54, 1.807) is 0 Å². The first kappa shape index (κ1) is 12.7. The molecule has 0 saturated carbocycles. The molecule has 2 rings (SSSR count). The largest absolute Gasteiger partial charge is 0.370 e. The first-order chi connectivity index (χ1) is 8.35. The summed E-state index contributed by atoms with van der Waals surface area (Å²) in [7, 11) is 0. The van der Waals surface area contributed by atoms with E-state index in [9.17, 15) is 0 Å². The van der Waals surface area contributed by atoms with Crippen molar-refractivity contribution in [3.63, 3.8) is 0 Å². The highest BCUT2D eigenvalue weighted by Crippen LogP contribution is 2.34. The van der Waals surface area contributed by atoms with Crippen LogP contribution in [0.3, 0.4) is 0 Å². The van der Waals surface area contributed by atoms with Crippen LogP contribution in [0.25, 0.3) is 0 Å². The highest BCUT2D eigenvalue weighted by Gasteiger charge is 2.31. The highest BCUT2D eigenvalue weighted by atomic mass is 32.2. The standard InChI is InChI=1S/C15H20OS/c1-2-8-15(9-11-17-12-10-15)16-13-14-6-4-3-5-7-14/h2-7H,1,8-13H2. The zero-order valence-electron chi connectivity index (χ0n) is 10.2.